The standard InChI is InChI=1S/C15H14O3/c1-2-17-10-7-8-12-14(9-10)18-13-6-4-3-5-11(13)15(12)16/h3-6,9H,2,7-8H2,1H3. The van der Waals surface area contributed by atoms with Gasteiger partial charge in [0.05, 0.1) is 17.8 Å². The molecular formula is C15H14O3. The molecule has 92 valence electrons. The summed E-state index contributed by atoms with van der Waals surface area (Å²) in [7, 11) is 0. The van der Waals surface area contributed by atoms with Crippen LogP contribution in [-0.4, -0.2) is 6.61 Å². The van der Waals surface area contributed by atoms with Gasteiger partial charge in [0.15, 0.2) is 5.43 Å². The molecule has 0 saturated heterocycles. The first-order valence-corrected chi connectivity index (χ1v) is 6.17. The third-order valence-corrected chi connectivity index (χ3v) is 3.17. The average Bonchev–Trinajstić information content (AvgIpc) is 2.39. The van der Waals surface area contributed by atoms with Gasteiger partial charge in [-0.2, -0.15) is 0 Å². The van der Waals surface area contributed by atoms with E-state index in [2.05, 4.69) is 0 Å². The zero-order chi connectivity index (χ0) is 12.5. The van der Waals surface area contributed by atoms with E-state index in [1.807, 2.05) is 37.3 Å². The Hall–Kier alpha value is -2.03. The Morgan fingerprint density at radius 1 is 1.28 bits per heavy atom. The fourth-order valence-electron chi connectivity index (χ4n) is 2.32. The molecular weight excluding hydrogens is 228 g/mol. The zero-order valence-electron chi connectivity index (χ0n) is 10.2. The van der Waals surface area contributed by atoms with Crippen LogP contribution in [0.25, 0.3) is 17.0 Å². The Morgan fingerprint density at radius 3 is 2.94 bits per heavy atom. The predicted molar refractivity (Wildman–Crippen MR) is 70.4 cm³/mol. The number of benzene rings is 1. The van der Waals surface area contributed by atoms with Gasteiger partial charge < -0.3 is 9.15 Å². The van der Waals surface area contributed by atoms with Gasteiger partial charge in [0.1, 0.15) is 11.3 Å². The van der Waals surface area contributed by atoms with Crippen molar-refractivity contribution in [3.8, 4) is 0 Å². The molecule has 0 fully saturated rings. The van der Waals surface area contributed by atoms with Crippen LogP contribution in [0.3, 0.4) is 0 Å². The van der Waals surface area contributed by atoms with Crippen LogP contribution in [0.4, 0.5) is 0 Å². The van der Waals surface area contributed by atoms with Crippen molar-refractivity contribution in [1.82, 2.24) is 0 Å². The topological polar surface area (TPSA) is 39.4 Å². The van der Waals surface area contributed by atoms with E-state index in [9.17, 15) is 4.79 Å². The first kappa shape index (κ1) is 11.1. The van der Waals surface area contributed by atoms with Gasteiger partial charge in [-0.15, -0.1) is 0 Å². The number of fused-ring (bicyclic) bond motifs is 2. The molecule has 0 radical (unpaired) electrons. The largest absolute Gasteiger partial charge is 0.498 e. The van der Waals surface area contributed by atoms with Crippen molar-refractivity contribution < 1.29 is 9.15 Å². The summed E-state index contributed by atoms with van der Waals surface area (Å²) in [5.74, 6) is 1.54. The van der Waals surface area contributed by atoms with Crippen molar-refractivity contribution >= 4 is 17.0 Å². The lowest BCUT2D eigenvalue weighted by Crippen LogP contribution is -2.15. The van der Waals surface area contributed by atoms with Gasteiger partial charge in [-0.05, 0) is 25.5 Å². The molecule has 0 N–H and O–H groups in total. The molecule has 3 rings (SSSR count). The Morgan fingerprint density at radius 2 is 2.11 bits per heavy atom. The van der Waals surface area contributed by atoms with Crippen LogP contribution in [0.1, 0.15) is 24.7 Å². The van der Waals surface area contributed by atoms with Crippen LogP contribution < -0.4 is 5.43 Å². The van der Waals surface area contributed by atoms with Crippen LogP contribution in [0.5, 0.6) is 0 Å². The monoisotopic (exact) mass is 242 g/mol. The Bertz CT molecular complexity index is 680. The van der Waals surface area contributed by atoms with Crippen molar-refractivity contribution in [2.45, 2.75) is 19.8 Å². The van der Waals surface area contributed by atoms with E-state index >= 15 is 0 Å². The number of hydrogen-bond acceptors (Lipinski definition) is 3. The molecule has 3 heteroatoms. The second-order valence-corrected chi connectivity index (χ2v) is 4.31. The lowest BCUT2D eigenvalue weighted by atomic mass is 10.00. The summed E-state index contributed by atoms with van der Waals surface area (Å²) in [6.07, 6.45) is 3.30. The summed E-state index contributed by atoms with van der Waals surface area (Å²) in [6.45, 7) is 2.59. The summed E-state index contributed by atoms with van der Waals surface area (Å²) in [5.41, 5.74) is 1.48. The van der Waals surface area contributed by atoms with Crippen molar-refractivity contribution in [1.29, 1.82) is 0 Å². The molecule has 1 aliphatic carbocycles. The number of allylic oxidation sites excluding steroid dienone is 1. The summed E-state index contributed by atoms with van der Waals surface area (Å²) in [6, 6.07) is 7.35. The number of ether oxygens (including phenoxy) is 1. The first-order valence-electron chi connectivity index (χ1n) is 6.17. The summed E-state index contributed by atoms with van der Waals surface area (Å²) < 4.78 is 11.3. The van der Waals surface area contributed by atoms with Crippen molar-refractivity contribution in [2.24, 2.45) is 0 Å². The SMILES string of the molecule is CCOC1=Cc2oc3ccccc3c(=O)c2CC1. The van der Waals surface area contributed by atoms with Gasteiger partial charge in [0.25, 0.3) is 0 Å². The van der Waals surface area contributed by atoms with Crippen LogP contribution in [0, 0.1) is 0 Å². The number of rotatable bonds is 2. The van der Waals surface area contributed by atoms with Gasteiger partial charge in [-0.3, -0.25) is 4.79 Å². The van der Waals surface area contributed by atoms with E-state index in [-0.39, 0.29) is 5.43 Å². The normalized spacial score (nSPS) is 14.2. The summed E-state index contributed by atoms with van der Waals surface area (Å²) >= 11 is 0. The lowest BCUT2D eigenvalue weighted by molar-refractivity contribution is 0.220. The van der Waals surface area contributed by atoms with Crippen LogP contribution in [0.15, 0.2) is 39.2 Å². The maximum absolute atomic E-state index is 12.3. The Labute approximate surface area is 105 Å². The molecule has 0 saturated carbocycles. The third kappa shape index (κ3) is 1.72. The van der Waals surface area contributed by atoms with Crippen molar-refractivity contribution in [3.05, 3.63) is 51.6 Å². The van der Waals surface area contributed by atoms with Gasteiger partial charge in [-0.1, -0.05) is 12.1 Å². The predicted octanol–water partition coefficient (Wildman–Crippen LogP) is 3.12. The van der Waals surface area contributed by atoms with E-state index < -0.39 is 0 Å². The molecule has 3 nitrogen and oxygen atoms in total. The molecule has 0 amide bonds. The fourth-order valence-corrected chi connectivity index (χ4v) is 2.32. The van der Waals surface area contributed by atoms with Gasteiger partial charge >= 0.3 is 0 Å². The molecule has 0 unspecified atom stereocenters. The smallest absolute Gasteiger partial charge is 0.196 e. The van der Waals surface area contributed by atoms with E-state index in [1.165, 1.54) is 0 Å². The average molecular weight is 242 g/mol. The molecule has 0 atom stereocenters. The van der Waals surface area contributed by atoms with E-state index in [0.717, 1.165) is 17.7 Å². The first-order chi connectivity index (χ1) is 8.79. The maximum atomic E-state index is 12.3. The van der Waals surface area contributed by atoms with Crippen LogP contribution in [-0.2, 0) is 11.2 Å². The summed E-state index contributed by atoms with van der Waals surface area (Å²) in [4.78, 5) is 12.3. The molecule has 0 spiro atoms. The molecule has 18 heavy (non-hydrogen) atoms. The minimum atomic E-state index is 0.0821. The molecule has 1 aromatic heterocycles. The van der Waals surface area contributed by atoms with E-state index in [4.69, 9.17) is 9.15 Å². The molecule has 1 aliphatic rings. The molecule has 1 aromatic carbocycles. The number of hydrogen-bond donors (Lipinski definition) is 0. The molecule has 0 bridgehead atoms. The summed E-state index contributed by atoms with van der Waals surface area (Å²) in [5, 5.41) is 0.657. The Kier molecular flexibility index (Phi) is 2.67. The zero-order valence-corrected chi connectivity index (χ0v) is 10.2. The molecule has 0 aliphatic heterocycles. The van der Waals surface area contributed by atoms with Gasteiger partial charge in [0, 0.05) is 18.1 Å². The number of para-hydroxylation sites is 1. The van der Waals surface area contributed by atoms with Crippen LogP contribution in [0.2, 0.25) is 0 Å². The third-order valence-electron chi connectivity index (χ3n) is 3.17. The highest BCUT2D eigenvalue weighted by Crippen LogP contribution is 2.25. The van der Waals surface area contributed by atoms with Gasteiger partial charge in [0.2, 0.25) is 0 Å². The van der Waals surface area contributed by atoms with Crippen molar-refractivity contribution in [2.75, 3.05) is 6.61 Å². The second-order valence-electron chi connectivity index (χ2n) is 4.31. The minimum Gasteiger partial charge on any atom is -0.498 e. The lowest BCUT2D eigenvalue weighted by Gasteiger charge is -2.15. The second kappa shape index (κ2) is 4.33. The fraction of sp³-hybridized carbons (Fsp3) is 0.267. The maximum Gasteiger partial charge on any atom is 0.196 e. The van der Waals surface area contributed by atoms with E-state index in [1.54, 1.807) is 0 Å². The highest BCUT2D eigenvalue weighted by Gasteiger charge is 2.18. The van der Waals surface area contributed by atoms with E-state index in [0.29, 0.717) is 29.8 Å². The quantitative estimate of drug-likeness (QED) is 0.812. The molecule has 2 aromatic rings. The molecule has 1 heterocycles. The Balaban J connectivity index is 2.22. The van der Waals surface area contributed by atoms with Gasteiger partial charge in [-0.25, -0.2) is 0 Å². The van der Waals surface area contributed by atoms with Crippen molar-refractivity contribution in [3.63, 3.8) is 0 Å². The minimum absolute atomic E-state index is 0.0821. The highest BCUT2D eigenvalue weighted by molar-refractivity contribution is 5.78. The van der Waals surface area contributed by atoms with Crippen LogP contribution >= 0.6 is 0 Å². The highest BCUT2D eigenvalue weighted by atomic mass is 16.5.